The lowest BCUT2D eigenvalue weighted by atomic mass is 9.75. The number of benzene rings is 1. The molecule has 1 N–H and O–H groups in total. The summed E-state index contributed by atoms with van der Waals surface area (Å²) in [5.41, 5.74) is 4.77. The largest absolute Gasteiger partial charge is 0.294 e. The minimum absolute atomic E-state index is 0.0166. The molecule has 0 aliphatic heterocycles. The zero-order chi connectivity index (χ0) is 16.7. The summed E-state index contributed by atoms with van der Waals surface area (Å²) in [6, 6.07) is 7.52. The minimum Gasteiger partial charge on any atom is -0.294 e. The molecule has 0 saturated heterocycles. The van der Waals surface area contributed by atoms with Gasteiger partial charge in [-0.3, -0.25) is 9.78 Å². The summed E-state index contributed by atoms with van der Waals surface area (Å²) in [7, 11) is 0. The lowest BCUT2D eigenvalue weighted by Crippen LogP contribution is -2.27. The van der Waals surface area contributed by atoms with Gasteiger partial charge in [-0.05, 0) is 36.1 Å². The van der Waals surface area contributed by atoms with Crippen LogP contribution in [0.1, 0.15) is 47.4 Å². The number of Topliss-reactive ketones (excluding diaryl/α,β-unsaturated/α-hetero) is 1. The highest BCUT2D eigenvalue weighted by Crippen LogP contribution is 2.33. The zero-order valence-corrected chi connectivity index (χ0v) is 13.6. The molecule has 1 aliphatic rings. The second-order valence-electron chi connectivity index (χ2n) is 6.94. The van der Waals surface area contributed by atoms with Crippen LogP contribution >= 0.6 is 0 Å². The Hall–Kier alpha value is -3.00. The van der Waals surface area contributed by atoms with Crippen molar-refractivity contribution in [3.05, 3.63) is 52.8 Å². The van der Waals surface area contributed by atoms with E-state index in [1.165, 1.54) is 0 Å². The number of aromatic amines is 1. The summed E-state index contributed by atoms with van der Waals surface area (Å²) in [4.78, 5) is 16.8. The van der Waals surface area contributed by atoms with Gasteiger partial charge in [0.15, 0.2) is 5.78 Å². The number of carbonyl (C=O) groups is 1. The van der Waals surface area contributed by atoms with Gasteiger partial charge in [0.1, 0.15) is 11.0 Å². The van der Waals surface area contributed by atoms with Crippen LogP contribution in [0.15, 0.2) is 30.5 Å². The standard InChI is InChI=1S/C19H16N4O/c1-19(2)9-17-14(18(24)10-19)7-13(11-20-17)4-3-12-5-6-15-16(8-12)22-23-21-15/h5-8,11H,9-10H2,1-2H3,(H,21,22,23). The van der Waals surface area contributed by atoms with Gasteiger partial charge in [-0.1, -0.05) is 25.7 Å². The molecule has 0 fully saturated rings. The van der Waals surface area contributed by atoms with Gasteiger partial charge in [-0.25, -0.2) is 0 Å². The molecular weight excluding hydrogens is 300 g/mol. The third-order valence-electron chi connectivity index (χ3n) is 4.22. The molecule has 0 radical (unpaired) electrons. The van der Waals surface area contributed by atoms with E-state index in [9.17, 15) is 4.79 Å². The molecular formula is C19H16N4O. The summed E-state index contributed by atoms with van der Waals surface area (Å²) in [6.07, 6.45) is 3.13. The Kier molecular flexibility index (Phi) is 3.20. The molecule has 0 unspecified atom stereocenters. The second kappa shape index (κ2) is 5.27. The fourth-order valence-electron chi connectivity index (χ4n) is 3.05. The van der Waals surface area contributed by atoms with E-state index in [-0.39, 0.29) is 11.2 Å². The molecule has 0 bridgehead atoms. The van der Waals surface area contributed by atoms with Crippen LogP contribution in [0.25, 0.3) is 11.0 Å². The highest BCUT2D eigenvalue weighted by atomic mass is 16.1. The van der Waals surface area contributed by atoms with Gasteiger partial charge < -0.3 is 0 Å². The van der Waals surface area contributed by atoms with Crippen LogP contribution in [0.3, 0.4) is 0 Å². The first-order valence-corrected chi connectivity index (χ1v) is 7.85. The van der Waals surface area contributed by atoms with Crippen LogP contribution in [-0.2, 0) is 6.42 Å². The predicted octanol–water partition coefficient (Wildman–Crippen LogP) is 2.91. The molecule has 0 amide bonds. The number of ketones is 1. The van der Waals surface area contributed by atoms with Gasteiger partial charge in [-0.15, -0.1) is 0 Å². The van der Waals surface area contributed by atoms with E-state index in [4.69, 9.17) is 0 Å². The Bertz CT molecular complexity index is 1020. The van der Waals surface area contributed by atoms with Crippen LogP contribution < -0.4 is 0 Å². The number of hydrogen-bond acceptors (Lipinski definition) is 4. The van der Waals surface area contributed by atoms with Crippen molar-refractivity contribution in [2.45, 2.75) is 26.7 Å². The summed E-state index contributed by atoms with van der Waals surface area (Å²) in [6.45, 7) is 4.20. The molecule has 2 aromatic heterocycles. The van der Waals surface area contributed by atoms with Gasteiger partial charge in [0.05, 0.1) is 5.69 Å². The number of H-pyrrole nitrogens is 1. The summed E-state index contributed by atoms with van der Waals surface area (Å²) in [5, 5.41) is 10.7. The lowest BCUT2D eigenvalue weighted by molar-refractivity contribution is 0.0910. The van der Waals surface area contributed by atoms with Crippen molar-refractivity contribution in [3.8, 4) is 11.8 Å². The maximum absolute atomic E-state index is 12.3. The first kappa shape index (κ1) is 14.6. The summed E-state index contributed by atoms with van der Waals surface area (Å²) >= 11 is 0. The van der Waals surface area contributed by atoms with E-state index in [0.717, 1.165) is 34.3 Å². The number of carbonyl (C=O) groups excluding carboxylic acids is 1. The molecule has 5 heteroatoms. The quantitative estimate of drug-likeness (QED) is 0.647. The fraction of sp³-hybridized carbons (Fsp3) is 0.263. The Morgan fingerprint density at radius 2 is 1.83 bits per heavy atom. The van der Waals surface area contributed by atoms with Gasteiger partial charge in [0, 0.05) is 29.3 Å². The maximum atomic E-state index is 12.3. The number of rotatable bonds is 0. The second-order valence-corrected chi connectivity index (χ2v) is 6.94. The van der Waals surface area contributed by atoms with Gasteiger partial charge in [-0.2, -0.15) is 15.4 Å². The fourth-order valence-corrected chi connectivity index (χ4v) is 3.05. The van der Waals surface area contributed by atoms with Crippen molar-refractivity contribution >= 4 is 16.8 Å². The minimum atomic E-state index is -0.0166. The predicted molar refractivity (Wildman–Crippen MR) is 90.5 cm³/mol. The van der Waals surface area contributed by atoms with Crippen LogP contribution in [0.4, 0.5) is 0 Å². The summed E-state index contributed by atoms with van der Waals surface area (Å²) in [5.74, 6) is 6.34. The van der Waals surface area contributed by atoms with E-state index in [0.29, 0.717) is 12.0 Å². The van der Waals surface area contributed by atoms with E-state index in [1.807, 2.05) is 24.3 Å². The number of nitrogens with zero attached hydrogens (tertiary/aromatic N) is 3. The molecule has 24 heavy (non-hydrogen) atoms. The molecule has 0 atom stereocenters. The van der Waals surface area contributed by atoms with Crippen molar-refractivity contribution in [1.29, 1.82) is 0 Å². The third kappa shape index (κ3) is 2.67. The molecule has 118 valence electrons. The topological polar surface area (TPSA) is 71.5 Å². The summed E-state index contributed by atoms with van der Waals surface area (Å²) < 4.78 is 0. The first-order chi connectivity index (χ1) is 11.5. The first-order valence-electron chi connectivity index (χ1n) is 7.85. The Morgan fingerprint density at radius 1 is 1.04 bits per heavy atom. The van der Waals surface area contributed by atoms with E-state index in [2.05, 4.69) is 46.1 Å². The molecule has 1 aromatic carbocycles. The molecule has 3 aromatic rings. The number of hydrogen-bond donors (Lipinski definition) is 1. The van der Waals surface area contributed by atoms with Gasteiger partial charge >= 0.3 is 0 Å². The SMILES string of the molecule is CC1(C)CC(=O)c2cc(C#Cc3ccc4n[nH]nc4c3)cnc2C1. The van der Waals surface area contributed by atoms with Gasteiger partial charge in [0.2, 0.25) is 0 Å². The number of pyridine rings is 1. The van der Waals surface area contributed by atoms with Crippen LogP contribution in [0.5, 0.6) is 0 Å². The van der Waals surface area contributed by atoms with Crippen LogP contribution in [-0.4, -0.2) is 26.2 Å². The number of fused-ring (bicyclic) bond motifs is 2. The average molecular weight is 316 g/mol. The van der Waals surface area contributed by atoms with E-state index < -0.39 is 0 Å². The zero-order valence-electron chi connectivity index (χ0n) is 13.6. The molecule has 0 spiro atoms. The Morgan fingerprint density at radius 3 is 2.71 bits per heavy atom. The maximum Gasteiger partial charge on any atom is 0.165 e. The van der Waals surface area contributed by atoms with Crippen LogP contribution in [0.2, 0.25) is 0 Å². The smallest absolute Gasteiger partial charge is 0.165 e. The highest BCUT2D eigenvalue weighted by Gasteiger charge is 2.31. The Balaban J connectivity index is 1.67. The average Bonchev–Trinajstić information content (AvgIpc) is 3.00. The molecule has 4 rings (SSSR count). The molecule has 0 saturated carbocycles. The lowest BCUT2D eigenvalue weighted by Gasteiger charge is -2.29. The number of aromatic nitrogens is 4. The van der Waals surface area contributed by atoms with Crippen molar-refractivity contribution in [2.24, 2.45) is 5.41 Å². The Labute approximate surface area is 139 Å². The van der Waals surface area contributed by atoms with Crippen molar-refractivity contribution in [3.63, 3.8) is 0 Å². The normalized spacial score (nSPS) is 15.7. The highest BCUT2D eigenvalue weighted by molar-refractivity contribution is 5.98. The molecule has 1 aliphatic carbocycles. The van der Waals surface area contributed by atoms with Crippen LogP contribution in [0, 0.1) is 17.3 Å². The number of nitrogens with one attached hydrogen (secondary N) is 1. The molecule has 2 heterocycles. The van der Waals surface area contributed by atoms with E-state index >= 15 is 0 Å². The molecule has 5 nitrogen and oxygen atoms in total. The van der Waals surface area contributed by atoms with Crippen molar-refractivity contribution in [1.82, 2.24) is 20.4 Å². The van der Waals surface area contributed by atoms with Crippen molar-refractivity contribution in [2.75, 3.05) is 0 Å². The van der Waals surface area contributed by atoms with Crippen molar-refractivity contribution < 1.29 is 4.79 Å². The van der Waals surface area contributed by atoms with Gasteiger partial charge in [0.25, 0.3) is 0 Å². The van der Waals surface area contributed by atoms with E-state index in [1.54, 1.807) is 6.20 Å². The third-order valence-corrected chi connectivity index (χ3v) is 4.22. The monoisotopic (exact) mass is 316 g/mol.